The fourth-order valence-electron chi connectivity index (χ4n) is 3.32. The van der Waals surface area contributed by atoms with E-state index in [0.29, 0.717) is 32.2 Å². The topological polar surface area (TPSA) is 74.7 Å². The maximum absolute atomic E-state index is 12.8. The van der Waals surface area contributed by atoms with Gasteiger partial charge in [0.25, 0.3) is 0 Å². The first-order chi connectivity index (χ1) is 9.98. The molecule has 21 heavy (non-hydrogen) atoms. The van der Waals surface area contributed by atoms with Crippen molar-refractivity contribution in [3.8, 4) is 0 Å². The van der Waals surface area contributed by atoms with Gasteiger partial charge in [0.05, 0.1) is 11.2 Å². The van der Waals surface area contributed by atoms with Gasteiger partial charge in [-0.3, -0.25) is 4.79 Å². The number of carboxylic acid groups (broad SMARTS) is 1. The van der Waals surface area contributed by atoms with E-state index in [-0.39, 0.29) is 6.54 Å². The standard InChI is InChI=1S/C15H19NO4S/c17-15(18)13-6-3-7-16(10-13)21(19,20)14-8-11-4-1-2-5-12(11)9-14/h1-2,4-5,13-14H,3,6-10H2,(H,17,18)/t13-/m1/s1. The van der Waals surface area contributed by atoms with Gasteiger partial charge in [-0.1, -0.05) is 24.3 Å². The first-order valence-electron chi connectivity index (χ1n) is 7.27. The number of piperidine rings is 1. The molecule has 0 aromatic heterocycles. The van der Waals surface area contributed by atoms with E-state index in [4.69, 9.17) is 5.11 Å². The summed E-state index contributed by atoms with van der Waals surface area (Å²) in [5, 5.41) is 8.67. The van der Waals surface area contributed by atoms with Crippen molar-refractivity contribution < 1.29 is 18.3 Å². The average Bonchev–Trinajstić information content (AvgIpc) is 2.92. The molecule has 1 aromatic rings. The number of fused-ring (bicyclic) bond motifs is 1. The Labute approximate surface area is 124 Å². The van der Waals surface area contributed by atoms with Gasteiger partial charge in [0, 0.05) is 13.1 Å². The molecule has 6 heteroatoms. The predicted octanol–water partition coefficient (Wildman–Crippen LogP) is 1.28. The summed E-state index contributed by atoms with van der Waals surface area (Å²) in [6.45, 7) is 0.559. The minimum atomic E-state index is -3.43. The summed E-state index contributed by atoms with van der Waals surface area (Å²) in [6, 6.07) is 7.80. The van der Waals surface area contributed by atoms with Crippen molar-refractivity contribution in [2.75, 3.05) is 13.1 Å². The average molecular weight is 309 g/mol. The van der Waals surface area contributed by atoms with Gasteiger partial charge in [0.1, 0.15) is 0 Å². The Morgan fingerprint density at radius 1 is 1.19 bits per heavy atom. The highest BCUT2D eigenvalue weighted by Gasteiger charge is 2.39. The minimum absolute atomic E-state index is 0.116. The maximum atomic E-state index is 12.8. The number of carboxylic acids is 1. The number of hydrogen-bond acceptors (Lipinski definition) is 3. The Morgan fingerprint density at radius 2 is 1.81 bits per heavy atom. The predicted molar refractivity (Wildman–Crippen MR) is 78.5 cm³/mol. The van der Waals surface area contributed by atoms with Crippen molar-refractivity contribution in [1.82, 2.24) is 4.31 Å². The third kappa shape index (κ3) is 2.70. The zero-order valence-electron chi connectivity index (χ0n) is 11.7. The number of aliphatic carboxylic acids is 1. The monoisotopic (exact) mass is 309 g/mol. The highest BCUT2D eigenvalue weighted by Crippen LogP contribution is 2.30. The van der Waals surface area contributed by atoms with Crippen molar-refractivity contribution in [2.24, 2.45) is 5.92 Å². The van der Waals surface area contributed by atoms with Crippen LogP contribution in [0.4, 0.5) is 0 Å². The molecule has 0 spiro atoms. The van der Waals surface area contributed by atoms with Gasteiger partial charge >= 0.3 is 5.97 Å². The first-order valence-corrected chi connectivity index (χ1v) is 8.77. The Morgan fingerprint density at radius 3 is 2.38 bits per heavy atom. The molecule has 0 radical (unpaired) electrons. The molecule has 0 bridgehead atoms. The number of hydrogen-bond donors (Lipinski definition) is 1. The fourth-order valence-corrected chi connectivity index (χ4v) is 5.29. The van der Waals surface area contributed by atoms with Gasteiger partial charge < -0.3 is 5.11 Å². The number of nitrogens with zero attached hydrogens (tertiary/aromatic N) is 1. The molecule has 0 unspecified atom stereocenters. The van der Waals surface area contributed by atoms with E-state index in [1.807, 2.05) is 24.3 Å². The second-order valence-electron chi connectivity index (χ2n) is 5.88. The summed E-state index contributed by atoms with van der Waals surface area (Å²) in [7, 11) is -3.43. The number of sulfonamides is 1. The van der Waals surface area contributed by atoms with E-state index in [2.05, 4.69) is 0 Å². The van der Waals surface area contributed by atoms with Crippen molar-refractivity contribution in [2.45, 2.75) is 30.9 Å². The summed E-state index contributed by atoms with van der Waals surface area (Å²) in [4.78, 5) is 11.1. The Balaban J connectivity index is 1.77. The van der Waals surface area contributed by atoms with Crippen molar-refractivity contribution >= 4 is 16.0 Å². The van der Waals surface area contributed by atoms with Gasteiger partial charge in [-0.25, -0.2) is 12.7 Å². The van der Waals surface area contributed by atoms with Crippen LogP contribution in [0.3, 0.4) is 0 Å². The smallest absolute Gasteiger partial charge is 0.307 e. The molecule has 1 aliphatic heterocycles. The quantitative estimate of drug-likeness (QED) is 0.912. The van der Waals surface area contributed by atoms with Crippen LogP contribution in [0.25, 0.3) is 0 Å². The minimum Gasteiger partial charge on any atom is -0.481 e. The summed E-state index contributed by atoms with van der Waals surface area (Å²) >= 11 is 0. The van der Waals surface area contributed by atoms with Gasteiger partial charge in [-0.05, 0) is 36.8 Å². The van der Waals surface area contributed by atoms with Gasteiger partial charge in [-0.15, -0.1) is 0 Å². The molecule has 1 heterocycles. The Hall–Kier alpha value is -1.40. The molecule has 114 valence electrons. The Kier molecular flexibility index (Phi) is 3.75. The normalized spacial score (nSPS) is 23.9. The van der Waals surface area contributed by atoms with E-state index in [9.17, 15) is 13.2 Å². The molecule has 2 aliphatic rings. The van der Waals surface area contributed by atoms with Gasteiger partial charge in [0.2, 0.25) is 10.0 Å². The molecule has 1 aromatic carbocycles. The number of benzene rings is 1. The second-order valence-corrected chi connectivity index (χ2v) is 8.09. The van der Waals surface area contributed by atoms with Crippen molar-refractivity contribution in [1.29, 1.82) is 0 Å². The van der Waals surface area contributed by atoms with Crippen LogP contribution in [-0.2, 0) is 27.7 Å². The summed E-state index contributed by atoms with van der Waals surface area (Å²) < 4.78 is 26.9. The molecule has 0 saturated carbocycles. The van der Waals surface area contributed by atoms with Crippen LogP contribution in [-0.4, -0.2) is 42.1 Å². The second kappa shape index (κ2) is 5.42. The molecular weight excluding hydrogens is 290 g/mol. The summed E-state index contributed by atoms with van der Waals surface area (Å²) in [6.07, 6.45) is 2.25. The lowest BCUT2D eigenvalue weighted by atomic mass is 10.0. The van der Waals surface area contributed by atoms with Crippen LogP contribution in [0.1, 0.15) is 24.0 Å². The van der Waals surface area contributed by atoms with Crippen LogP contribution < -0.4 is 0 Å². The maximum Gasteiger partial charge on any atom is 0.307 e. The molecule has 5 nitrogen and oxygen atoms in total. The molecule has 1 atom stereocenters. The molecule has 1 N–H and O–H groups in total. The lowest BCUT2D eigenvalue weighted by Gasteiger charge is -2.31. The molecule has 1 saturated heterocycles. The van der Waals surface area contributed by atoms with Crippen molar-refractivity contribution in [3.63, 3.8) is 0 Å². The molecular formula is C15H19NO4S. The highest BCUT2D eigenvalue weighted by atomic mass is 32.2. The van der Waals surface area contributed by atoms with E-state index < -0.39 is 27.2 Å². The molecule has 3 rings (SSSR count). The van der Waals surface area contributed by atoms with Crippen LogP contribution in [0, 0.1) is 5.92 Å². The lowest BCUT2D eigenvalue weighted by Crippen LogP contribution is -2.46. The SMILES string of the molecule is O=C(O)[C@@H]1CCCN(S(=O)(=O)C2Cc3ccccc3C2)C1. The zero-order chi connectivity index (χ0) is 15.0. The summed E-state index contributed by atoms with van der Waals surface area (Å²) in [5.41, 5.74) is 2.19. The van der Waals surface area contributed by atoms with Crippen LogP contribution >= 0.6 is 0 Å². The Bertz CT molecular complexity index is 630. The van der Waals surface area contributed by atoms with Crippen LogP contribution in [0.15, 0.2) is 24.3 Å². The van der Waals surface area contributed by atoms with Crippen molar-refractivity contribution in [3.05, 3.63) is 35.4 Å². The molecule has 1 aliphatic carbocycles. The molecule has 0 amide bonds. The lowest BCUT2D eigenvalue weighted by molar-refractivity contribution is -0.142. The van der Waals surface area contributed by atoms with E-state index >= 15 is 0 Å². The van der Waals surface area contributed by atoms with E-state index in [1.54, 1.807) is 0 Å². The van der Waals surface area contributed by atoms with E-state index in [0.717, 1.165) is 11.1 Å². The number of carbonyl (C=O) groups is 1. The largest absolute Gasteiger partial charge is 0.481 e. The summed E-state index contributed by atoms with van der Waals surface area (Å²) in [5.74, 6) is -1.47. The van der Waals surface area contributed by atoms with Gasteiger partial charge in [-0.2, -0.15) is 0 Å². The van der Waals surface area contributed by atoms with Gasteiger partial charge in [0.15, 0.2) is 0 Å². The third-order valence-electron chi connectivity index (χ3n) is 4.53. The molecule has 1 fully saturated rings. The number of rotatable bonds is 3. The third-order valence-corrected chi connectivity index (χ3v) is 6.76. The van der Waals surface area contributed by atoms with Crippen LogP contribution in [0.2, 0.25) is 0 Å². The fraction of sp³-hybridized carbons (Fsp3) is 0.533. The van der Waals surface area contributed by atoms with E-state index in [1.165, 1.54) is 4.31 Å². The van der Waals surface area contributed by atoms with Crippen LogP contribution in [0.5, 0.6) is 0 Å². The zero-order valence-corrected chi connectivity index (χ0v) is 12.6. The first kappa shape index (κ1) is 14.5. The highest BCUT2D eigenvalue weighted by molar-refractivity contribution is 7.89.